The van der Waals surface area contributed by atoms with Crippen LogP contribution in [-0.2, 0) is 9.53 Å². The second-order valence-corrected chi connectivity index (χ2v) is 5.78. The molecule has 0 aromatic heterocycles. The molecule has 0 bridgehead atoms. The van der Waals surface area contributed by atoms with E-state index in [9.17, 15) is 4.79 Å². The van der Waals surface area contributed by atoms with E-state index in [2.05, 4.69) is 24.5 Å². The molecule has 0 aliphatic carbocycles. The molecule has 0 fully saturated rings. The van der Waals surface area contributed by atoms with Gasteiger partial charge in [-0.05, 0) is 54.1 Å². The van der Waals surface area contributed by atoms with Gasteiger partial charge in [-0.3, -0.25) is 4.79 Å². The van der Waals surface area contributed by atoms with Crippen molar-refractivity contribution in [1.29, 1.82) is 0 Å². The minimum absolute atomic E-state index is 0. The molecule has 4 nitrogen and oxygen atoms in total. The highest BCUT2D eigenvalue weighted by atomic mass is 16.5. The van der Waals surface area contributed by atoms with Crippen LogP contribution in [0.4, 0.5) is 0 Å². The van der Waals surface area contributed by atoms with Crippen LogP contribution in [0.3, 0.4) is 0 Å². The first-order chi connectivity index (χ1) is 7.68. The Morgan fingerprint density at radius 1 is 1.17 bits per heavy atom. The van der Waals surface area contributed by atoms with E-state index in [1.54, 1.807) is 6.92 Å². The van der Waals surface area contributed by atoms with Gasteiger partial charge in [0.1, 0.15) is 0 Å². The summed E-state index contributed by atoms with van der Waals surface area (Å²) in [4.78, 5) is 11.0. The van der Waals surface area contributed by atoms with Crippen LogP contribution in [0.1, 0.15) is 54.9 Å². The maximum atomic E-state index is 11.0. The first-order valence-electron chi connectivity index (χ1n) is 6.26. The summed E-state index contributed by atoms with van der Waals surface area (Å²) in [5, 5.41) is 6.04. The molecule has 0 saturated carbocycles. The summed E-state index contributed by atoms with van der Waals surface area (Å²) in [6, 6.07) is 0. The van der Waals surface area contributed by atoms with Crippen molar-refractivity contribution in [1.82, 2.24) is 10.6 Å². The summed E-state index contributed by atoms with van der Waals surface area (Å²) in [5.74, 6) is 0.00411. The van der Waals surface area contributed by atoms with Gasteiger partial charge in [0, 0.05) is 19.1 Å². The van der Waals surface area contributed by atoms with Crippen LogP contribution in [0.25, 0.3) is 0 Å². The summed E-state index contributed by atoms with van der Waals surface area (Å²) in [7, 11) is 1.94. The quantitative estimate of drug-likeness (QED) is 0.704. The Morgan fingerprint density at radius 2 is 1.72 bits per heavy atom. The molecule has 1 amide bonds. The number of nitrogens with one attached hydrogen (secondary N) is 2. The molecule has 0 atom stereocenters. The Kier molecular flexibility index (Phi) is 9.30. The Balaban J connectivity index is 0. The third-order valence-corrected chi connectivity index (χ3v) is 2.71. The first-order valence-corrected chi connectivity index (χ1v) is 6.26. The number of amides is 1. The lowest BCUT2D eigenvalue weighted by molar-refractivity contribution is -0.120. The monoisotopic (exact) mass is 260 g/mol. The molecular formula is C14H32N2O2. The predicted octanol–water partition coefficient (Wildman–Crippen LogP) is 2.33. The van der Waals surface area contributed by atoms with Gasteiger partial charge in [-0.25, -0.2) is 0 Å². The van der Waals surface area contributed by atoms with Gasteiger partial charge >= 0.3 is 0 Å². The van der Waals surface area contributed by atoms with Crippen LogP contribution in [-0.4, -0.2) is 37.2 Å². The van der Waals surface area contributed by atoms with Crippen molar-refractivity contribution < 1.29 is 9.53 Å². The number of rotatable bonds is 8. The fraction of sp³-hybridized carbons (Fsp3) is 0.929. The van der Waals surface area contributed by atoms with Gasteiger partial charge in [0.15, 0.2) is 0 Å². The molecule has 0 heterocycles. The summed E-state index contributed by atoms with van der Waals surface area (Å²) in [6.45, 7) is 11.4. The van der Waals surface area contributed by atoms with Gasteiger partial charge in [0.25, 0.3) is 0 Å². The highest BCUT2D eigenvalue weighted by molar-refractivity contribution is 5.73. The maximum absolute atomic E-state index is 11.0. The summed E-state index contributed by atoms with van der Waals surface area (Å²) in [6.07, 6.45) is 1.79. The lowest BCUT2D eigenvalue weighted by Gasteiger charge is -2.30. The number of carbonyl (C=O) groups is 1. The topological polar surface area (TPSA) is 50.4 Å². The molecule has 0 aromatic rings. The molecule has 2 N–H and O–H groups in total. The molecule has 4 heteroatoms. The molecule has 0 aromatic carbocycles. The third-order valence-electron chi connectivity index (χ3n) is 2.71. The van der Waals surface area contributed by atoms with E-state index in [-0.39, 0.29) is 24.5 Å². The van der Waals surface area contributed by atoms with E-state index in [0.29, 0.717) is 6.61 Å². The van der Waals surface area contributed by atoms with E-state index >= 15 is 0 Å². The molecule has 110 valence electrons. The van der Waals surface area contributed by atoms with E-state index < -0.39 is 0 Å². The Morgan fingerprint density at radius 3 is 2.17 bits per heavy atom. The zero-order chi connectivity index (χ0) is 13.5. The van der Waals surface area contributed by atoms with Crippen molar-refractivity contribution in [2.24, 2.45) is 0 Å². The highest BCUT2D eigenvalue weighted by Gasteiger charge is 2.22. The van der Waals surface area contributed by atoms with Crippen LogP contribution < -0.4 is 10.6 Å². The average Bonchev–Trinajstić information content (AvgIpc) is 2.11. The zero-order valence-corrected chi connectivity index (χ0v) is 12.1. The molecule has 0 aliphatic heterocycles. The summed E-state index contributed by atoms with van der Waals surface area (Å²) in [5.41, 5.74) is -0.319. The Bertz CT molecular complexity index is 238. The van der Waals surface area contributed by atoms with Crippen LogP contribution in [0.2, 0.25) is 0 Å². The van der Waals surface area contributed by atoms with Crippen molar-refractivity contribution in [3.05, 3.63) is 0 Å². The van der Waals surface area contributed by atoms with E-state index in [0.717, 1.165) is 19.4 Å². The smallest absolute Gasteiger partial charge is 0.217 e. The van der Waals surface area contributed by atoms with Gasteiger partial charge in [-0.1, -0.05) is 7.43 Å². The zero-order valence-electron chi connectivity index (χ0n) is 12.1. The normalized spacial score (nSPS) is 11.9. The van der Waals surface area contributed by atoms with Gasteiger partial charge in [0.2, 0.25) is 5.91 Å². The van der Waals surface area contributed by atoms with Crippen molar-refractivity contribution >= 4 is 5.91 Å². The van der Waals surface area contributed by atoms with Gasteiger partial charge < -0.3 is 15.4 Å². The molecule has 0 spiro atoms. The van der Waals surface area contributed by atoms with Crippen LogP contribution in [0.15, 0.2) is 0 Å². The molecule has 18 heavy (non-hydrogen) atoms. The standard InChI is InChI=1S/C13H28N2O2.CH4/c1-11(16)15-12(2,3)8-10-17-13(4,5)7-9-14-6;/h14H,7-10H2,1-6H3,(H,15,16);1H4. The summed E-state index contributed by atoms with van der Waals surface area (Å²) >= 11 is 0. The lowest BCUT2D eigenvalue weighted by Crippen LogP contribution is -2.43. The molecule has 0 radical (unpaired) electrons. The fourth-order valence-corrected chi connectivity index (χ4v) is 1.62. The first kappa shape index (κ1) is 19.7. The average molecular weight is 260 g/mol. The van der Waals surface area contributed by atoms with E-state index in [4.69, 9.17) is 4.74 Å². The second-order valence-electron chi connectivity index (χ2n) is 5.78. The van der Waals surface area contributed by atoms with Crippen LogP contribution >= 0.6 is 0 Å². The molecule has 0 aliphatic rings. The number of hydrogen-bond acceptors (Lipinski definition) is 3. The van der Waals surface area contributed by atoms with Crippen molar-refractivity contribution in [2.75, 3.05) is 20.2 Å². The molecule has 0 rings (SSSR count). The summed E-state index contributed by atoms with van der Waals surface area (Å²) < 4.78 is 5.86. The maximum Gasteiger partial charge on any atom is 0.217 e. The number of hydrogen-bond donors (Lipinski definition) is 2. The number of ether oxygens (including phenoxy) is 1. The Hall–Kier alpha value is -0.610. The predicted molar refractivity (Wildman–Crippen MR) is 77.8 cm³/mol. The molecular weight excluding hydrogens is 228 g/mol. The van der Waals surface area contributed by atoms with Gasteiger partial charge in [-0.2, -0.15) is 0 Å². The van der Waals surface area contributed by atoms with E-state index in [1.165, 1.54) is 0 Å². The van der Waals surface area contributed by atoms with Crippen molar-refractivity contribution in [3.8, 4) is 0 Å². The second kappa shape index (κ2) is 8.48. The molecule has 0 saturated heterocycles. The largest absolute Gasteiger partial charge is 0.375 e. The van der Waals surface area contributed by atoms with Crippen molar-refractivity contribution in [2.45, 2.75) is 66.0 Å². The Labute approximate surface area is 113 Å². The third kappa shape index (κ3) is 10.5. The number of carbonyl (C=O) groups excluding carboxylic acids is 1. The van der Waals surface area contributed by atoms with Crippen LogP contribution in [0, 0.1) is 0 Å². The SMILES string of the molecule is C.CNCCC(C)(C)OCCC(C)(C)NC(C)=O. The van der Waals surface area contributed by atoms with Crippen LogP contribution in [0.5, 0.6) is 0 Å². The minimum Gasteiger partial charge on any atom is -0.375 e. The minimum atomic E-state index is -0.203. The highest BCUT2D eigenvalue weighted by Crippen LogP contribution is 2.16. The van der Waals surface area contributed by atoms with E-state index in [1.807, 2.05) is 20.9 Å². The lowest BCUT2D eigenvalue weighted by atomic mass is 10.0. The van der Waals surface area contributed by atoms with Gasteiger partial charge in [0.05, 0.1) is 5.60 Å². The fourth-order valence-electron chi connectivity index (χ4n) is 1.62. The van der Waals surface area contributed by atoms with Crippen molar-refractivity contribution in [3.63, 3.8) is 0 Å². The van der Waals surface area contributed by atoms with Gasteiger partial charge in [-0.15, -0.1) is 0 Å². The molecule has 0 unspecified atom stereocenters.